The van der Waals surface area contributed by atoms with E-state index in [9.17, 15) is 5.11 Å². The van der Waals surface area contributed by atoms with Gasteiger partial charge in [0.15, 0.2) is 11.5 Å². The van der Waals surface area contributed by atoms with Crippen molar-refractivity contribution >= 4 is 0 Å². The molecule has 9 rings (SSSR count). The molecule has 0 aromatic heterocycles. The van der Waals surface area contributed by atoms with Gasteiger partial charge in [0.05, 0.1) is 12.7 Å². The molecule has 2 spiro atoms. The van der Waals surface area contributed by atoms with E-state index in [0.29, 0.717) is 12.5 Å². The maximum atomic E-state index is 12.4. The fourth-order valence-electron chi connectivity index (χ4n) is 10.4. The van der Waals surface area contributed by atoms with Crippen LogP contribution in [-0.4, -0.2) is 60.7 Å². The monoisotopic (exact) mass is 515 g/mol. The zero-order valence-corrected chi connectivity index (χ0v) is 23.0. The molecule has 2 aliphatic heterocycles. The zero-order valence-electron chi connectivity index (χ0n) is 23.0. The van der Waals surface area contributed by atoms with Crippen molar-refractivity contribution in [2.75, 3.05) is 27.3 Å². The molecular weight excluding hydrogens is 474 g/mol. The Labute approximate surface area is 226 Å². The molecule has 1 saturated heterocycles. The molecule has 0 amide bonds. The molecule has 5 aliphatic carbocycles. The second-order valence-corrected chi connectivity index (χ2v) is 13.6. The van der Waals surface area contributed by atoms with Gasteiger partial charge < -0.3 is 19.3 Å². The summed E-state index contributed by atoms with van der Waals surface area (Å²) in [6.45, 7) is 4.42. The molecule has 4 bridgehead atoms. The van der Waals surface area contributed by atoms with Crippen LogP contribution in [0.4, 0.5) is 0 Å². The standard InChI is InChI=1S/C33H41NO4/c1-30(35,18-21-7-5-4-6-8-21)25-19-31-13-14-33(25,37-3)29-32(31)15-16-34(20-22-9-10-22)26(31)17-23-11-12-24(36-2)28(38-29)27(23)32/h4-8,11-12,22,25-26,29,35H,9-10,13-20H2,1-3H3/t25-,26-,29-,30-,31-,32+,33-/m1/s1. The van der Waals surface area contributed by atoms with Gasteiger partial charge in [-0.25, -0.2) is 0 Å². The molecule has 202 valence electrons. The van der Waals surface area contributed by atoms with E-state index in [-0.39, 0.29) is 22.9 Å². The lowest BCUT2D eigenvalue weighted by molar-refractivity contribution is -0.302. The first-order valence-corrected chi connectivity index (χ1v) is 14.8. The predicted octanol–water partition coefficient (Wildman–Crippen LogP) is 4.91. The van der Waals surface area contributed by atoms with Crippen molar-refractivity contribution in [1.82, 2.24) is 4.90 Å². The van der Waals surface area contributed by atoms with Gasteiger partial charge in [-0.05, 0) is 81.5 Å². The van der Waals surface area contributed by atoms with E-state index in [2.05, 4.69) is 48.2 Å². The summed E-state index contributed by atoms with van der Waals surface area (Å²) in [5, 5.41) is 12.4. The SMILES string of the molecule is COc1ccc2c3c1O[C@H]1[C@@]4(OC)CC[C@@]5(C[C@@H]4[C@](C)(O)Cc4ccccc4)[C@@H](C2)N(CC2CC2)CC[C@]315. The summed E-state index contributed by atoms with van der Waals surface area (Å²) in [6.07, 6.45) is 8.52. The van der Waals surface area contributed by atoms with Gasteiger partial charge in [-0.1, -0.05) is 36.4 Å². The number of hydrogen-bond acceptors (Lipinski definition) is 5. The first kappa shape index (κ1) is 23.8. The van der Waals surface area contributed by atoms with E-state index >= 15 is 0 Å². The molecule has 1 N–H and O–H groups in total. The molecule has 4 saturated carbocycles. The van der Waals surface area contributed by atoms with Crippen molar-refractivity contribution in [1.29, 1.82) is 0 Å². The first-order valence-electron chi connectivity index (χ1n) is 14.8. The third-order valence-corrected chi connectivity index (χ3v) is 12.0. The highest BCUT2D eigenvalue weighted by molar-refractivity contribution is 5.63. The van der Waals surface area contributed by atoms with Crippen LogP contribution in [0.15, 0.2) is 42.5 Å². The Balaban J connectivity index is 1.31. The van der Waals surface area contributed by atoms with Crippen LogP contribution in [0.1, 0.15) is 62.1 Å². The third kappa shape index (κ3) is 2.78. The van der Waals surface area contributed by atoms with Gasteiger partial charge in [-0.2, -0.15) is 0 Å². The Morgan fingerprint density at radius 3 is 2.63 bits per heavy atom. The highest BCUT2D eigenvalue weighted by Crippen LogP contribution is 2.77. The topological polar surface area (TPSA) is 51.2 Å². The molecule has 2 heterocycles. The zero-order chi connectivity index (χ0) is 25.9. The summed E-state index contributed by atoms with van der Waals surface area (Å²) in [6, 6.07) is 15.4. The van der Waals surface area contributed by atoms with Gasteiger partial charge in [0.2, 0.25) is 0 Å². The van der Waals surface area contributed by atoms with Crippen LogP contribution < -0.4 is 9.47 Å². The number of piperidine rings is 1. The van der Waals surface area contributed by atoms with Crippen LogP contribution in [0.2, 0.25) is 0 Å². The molecule has 7 aliphatic rings. The molecule has 2 aromatic carbocycles. The Bertz CT molecular complexity index is 1270. The average Bonchev–Trinajstić information content (AvgIpc) is 3.67. The average molecular weight is 516 g/mol. The van der Waals surface area contributed by atoms with E-state index in [0.717, 1.165) is 56.1 Å². The minimum atomic E-state index is -0.912. The number of likely N-dealkylation sites (tertiary alicyclic amines) is 1. The minimum absolute atomic E-state index is 0.0164. The van der Waals surface area contributed by atoms with E-state index in [1.807, 2.05) is 13.2 Å². The van der Waals surface area contributed by atoms with Crippen molar-refractivity contribution in [3.8, 4) is 11.5 Å². The highest BCUT2D eigenvalue weighted by atomic mass is 16.6. The quantitative estimate of drug-likeness (QED) is 0.568. The van der Waals surface area contributed by atoms with Crippen LogP contribution in [0, 0.1) is 17.3 Å². The number of rotatable bonds is 7. The molecule has 0 radical (unpaired) electrons. The van der Waals surface area contributed by atoms with Crippen LogP contribution in [-0.2, 0) is 23.0 Å². The predicted molar refractivity (Wildman–Crippen MR) is 146 cm³/mol. The first-order chi connectivity index (χ1) is 18.4. The van der Waals surface area contributed by atoms with E-state index in [1.54, 1.807) is 7.11 Å². The Morgan fingerprint density at radius 2 is 1.89 bits per heavy atom. The summed E-state index contributed by atoms with van der Waals surface area (Å²) in [7, 11) is 3.63. The molecule has 2 aromatic rings. The summed E-state index contributed by atoms with van der Waals surface area (Å²) in [5.41, 5.74) is 2.59. The fourth-order valence-corrected chi connectivity index (χ4v) is 10.4. The van der Waals surface area contributed by atoms with Crippen molar-refractivity contribution in [2.45, 2.75) is 87.1 Å². The molecule has 5 heteroatoms. The Morgan fingerprint density at radius 1 is 1.08 bits per heavy atom. The largest absolute Gasteiger partial charge is 0.493 e. The normalized spacial score (nSPS) is 39.8. The van der Waals surface area contributed by atoms with Crippen LogP contribution in [0.25, 0.3) is 0 Å². The van der Waals surface area contributed by atoms with Gasteiger partial charge in [-0.3, -0.25) is 4.90 Å². The molecular formula is C33H41NO4. The van der Waals surface area contributed by atoms with Gasteiger partial charge in [0, 0.05) is 48.4 Å². The van der Waals surface area contributed by atoms with Crippen LogP contribution in [0.3, 0.4) is 0 Å². The van der Waals surface area contributed by atoms with Crippen molar-refractivity contribution in [3.05, 3.63) is 59.2 Å². The van der Waals surface area contributed by atoms with Gasteiger partial charge in [0.1, 0.15) is 11.7 Å². The summed E-state index contributed by atoms with van der Waals surface area (Å²) >= 11 is 0. The number of hydrogen-bond donors (Lipinski definition) is 1. The lowest BCUT2D eigenvalue weighted by Gasteiger charge is -2.75. The van der Waals surface area contributed by atoms with Gasteiger partial charge in [0.25, 0.3) is 0 Å². The van der Waals surface area contributed by atoms with Crippen LogP contribution in [0.5, 0.6) is 11.5 Å². The number of nitrogens with zero attached hydrogens (tertiary/aromatic N) is 1. The molecule has 0 unspecified atom stereocenters. The van der Waals surface area contributed by atoms with Crippen molar-refractivity contribution in [2.24, 2.45) is 17.3 Å². The number of ether oxygens (including phenoxy) is 3. The van der Waals surface area contributed by atoms with Crippen molar-refractivity contribution < 1.29 is 19.3 Å². The number of benzene rings is 2. The summed E-state index contributed by atoms with van der Waals surface area (Å²) < 4.78 is 19.7. The second-order valence-electron chi connectivity index (χ2n) is 13.6. The maximum absolute atomic E-state index is 12.4. The molecule has 5 nitrogen and oxygen atoms in total. The van der Waals surface area contributed by atoms with E-state index < -0.39 is 11.2 Å². The van der Waals surface area contributed by atoms with E-state index in [1.165, 1.54) is 36.1 Å². The number of aliphatic hydroxyl groups is 1. The number of methoxy groups -OCH3 is 2. The lowest BCUT2D eigenvalue weighted by Crippen LogP contribution is -2.82. The highest BCUT2D eigenvalue weighted by Gasteiger charge is 2.82. The summed E-state index contributed by atoms with van der Waals surface area (Å²) in [4.78, 5) is 2.86. The van der Waals surface area contributed by atoms with E-state index in [4.69, 9.17) is 14.2 Å². The minimum Gasteiger partial charge on any atom is -0.493 e. The Kier molecular flexibility index (Phi) is 4.86. The summed E-state index contributed by atoms with van der Waals surface area (Å²) in [5.74, 6) is 2.66. The smallest absolute Gasteiger partial charge is 0.165 e. The lowest BCUT2D eigenvalue weighted by atomic mass is 9.33. The fraction of sp³-hybridized carbons (Fsp3) is 0.636. The van der Waals surface area contributed by atoms with Gasteiger partial charge >= 0.3 is 0 Å². The number of fused-ring (bicyclic) bond motifs is 2. The second kappa shape index (κ2) is 7.77. The van der Waals surface area contributed by atoms with Crippen LogP contribution >= 0.6 is 0 Å². The molecule has 5 fully saturated rings. The molecule has 7 atom stereocenters. The maximum Gasteiger partial charge on any atom is 0.165 e. The Hall–Kier alpha value is -2.08. The molecule has 38 heavy (non-hydrogen) atoms. The van der Waals surface area contributed by atoms with Crippen molar-refractivity contribution in [3.63, 3.8) is 0 Å². The third-order valence-electron chi connectivity index (χ3n) is 12.0. The van der Waals surface area contributed by atoms with Gasteiger partial charge in [-0.15, -0.1) is 0 Å².